The maximum Gasteiger partial charge on any atom is 0.355 e. The van der Waals surface area contributed by atoms with Crippen molar-refractivity contribution in [1.29, 1.82) is 0 Å². The number of carboxylic acid groups (broad SMARTS) is 1. The zero-order chi connectivity index (χ0) is 17.3. The lowest BCUT2D eigenvalue weighted by atomic mass is 10.1. The van der Waals surface area contributed by atoms with Crippen LogP contribution in [0.2, 0.25) is 0 Å². The van der Waals surface area contributed by atoms with Gasteiger partial charge in [-0.05, 0) is 36.6 Å². The van der Waals surface area contributed by atoms with Crippen LogP contribution < -0.4 is 4.74 Å². The summed E-state index contributed by atoms with van der Waals surface area (Å²) in [5, 5.41) is 12.6. The maximum atomic E-state index is 11.0. The number of carbonyl (C=O) groups is 1. The summed E-state index contributed by atoms with van der Waals surface area (Å²) in [7, 11) is 1.66. The van der Waals surface area contributed by atoms with E-state index in [1.54, 1.807) is 12.5 Å². The van der Waals surface area contributed by atoms with Gasteiger partial charge in [0, 0.05) is 22.0 Å². The summed E-state index contributed by atoms with van der Waals surface area (Å²) in [6, 6.07) is 8.22. The summed E-state index contributed by atoms with van der Waals surface area (Å²) in [5.74, 6) is 0.252. The fourth-order valence-electron chi connectivity index (χ4n) is 2.81. The zero-order valence-corrected chi connectivity index (χ0v) is 14.8. The average Bonchev–Trinajstić information content (AvgIpc) is 3.19. The van der Waals surface area contributed by atoms with Crippen molar-refractivity contribution in [1.82, 2.24) is 9.55 Å². The molecule has 3 aromatic rings. The van der Waals surface area contributed by atoms with E-state index in [1.807, 2.05) is 18.2 Å². The van der Waals surface area contributed by atoms with Crippen LogP contribution in [0.25, 0.3) is 10.9 Å². The monoisotopic (exact) mass is 344 g/mol. The molecule has 2 heterocycles. The molecular weight excluding hydrogens is 324 g/mol. The molecule has 6 heteroatoms. The van der Waals surface area contributed by atoms with Crippen LogP contribution in [0.3, 0.4) is 0 Å². The molecule has 1 unspecified atom stereocenters. The van der Waals surface area contributed by atoms with E-state index in [9.17, 15) is 4.79 Å². The number of hydrogen-bond donors (Lipinski definition) is 1. The molecule has 3 rings (SSSR count). The van der Waals surface area contributed by atoms with Crippen molar-refractivity contribution in [3.8, 4) is 5.75 Å². The van der Waals surface area contributed by atoms with E-state index in [1.165, 1.54) is 17.0 Å². The van der Waals surface area contributed by atoms with E-state index >= 15 is 0 Å². The van der Waals surface area contributed by atoms with Crippen LogP contribution in [0.5, 0.6) is 5.75 Å². The van der Waals surface area contributed by atoms with Gasteiger partial charge in [0.15, 0.2) is 5.69 Å². The fourth-order valence-corrected chi connectivity index (χ4v) is 3.56. The van der Waals surface area contributed by atoms with Crippen molar-refractivity contribution in [2.45, 2.75) is 32.7 Å². The van der Waals surface area contributed by atoms with Crippen molar-refractivity contribution < 1.29 is 14.6 Å². The molecule has 1 atom stereocenters. The van der Waals surface area contributed by atoms with Gasteiger partial charge >= 0.3 is 5.97 Å². The fraction of sp³-hybridized carbons (Fsp3) is 0.333. The quantitative estimate of drug-likeness (QED) is 0.721. The molecule has 0 spiro atoms. The number of carboxylic acids is 1. The van der Waals surface area contributed by atoms with Gasteiger partial charge < -0.3 is 14.4 Å². The highest BCUT2D eigenvalue weighted by Crippen LogP contribution is 2.31. The van der Waals surface area contributed by atoms with E-state index < -0.39 is 5.97 Å². The van der Waals surface area contributed by atoms with Crippen LogP contribution in [0.1, 0.15) is 47.4 Å². The second-order valence-electron chi connectivity index (χ2n) is 5.82. The van der Waals surface area contributed by atoms with E-state index in [0.29, 0.717) is 12.5 Å². The smallest absolute Gasteiger partial charge is 0.355 e. The number of hydrogen-bond acceptors (Lipinski definition) is 4. The summed E-state index contributed by atoms with van der Waals surface area (Å²) >= 11 is 1.38. The Balaban J connectivity index is 2.07. The standard InChI is InChI=1S/C18H20N2O3S/c1-4-11(2)16-8-12-7-13(23-3)5-6-15(12)20(16)9-17-19-14(10-24-17)18(21)22/h5-8,10-11H,4,9H2,1-3H3,(H,21,22). The van der Waals surface area contributed by atoms with E-state index in [2.05, 4.69) is 29.5 Å². The Hall–Kier alpha value is -2.34. The van der Waals surface area contributed by atoms with Gasteiger partial charge in [-0.25, -0.2) is 9.78 Å². The molecule has 126 valence electrons. The largest absolute Gasteiger partial charge is 0.497 e. The molecule has 0 aliphatic heterocycles. The van der Waals surface area contributed by atoms with E-state index in [4.69, 9.17) is 9.84 Å². The third kappa shape index (κ3) is 3.01. The molecule has 5 nitrogen and oxygen atoms in total. The molecule has 0 fully saturated rings. The molecule has 0 radical (unpaired) electrons. The Kier molecular flexibility index (Phi) is 4.57. The topological polar surface area (TPSA) is 64.4 Å². The number of rotatable bonds is 6. The lowest BCUT2D eigenvalue weighted by molar-refractivity contribution is 0.0691. The van der Waals surface area contributed by atoms with Crippen molar-refractivity contribution in [2.75, 3.05) is 7.11 Å². The van der Waals surface area contributed by atoms with E-state index in [-0.39, 0.29) is 5.69 Å². The predicted molar refractivity (Wildman–Crippen MR) is 95.4 cm³/mol. The molecule has 0 saturated carbocycles. The number of methoxy groups -OCH3 is 1. The second-order valence-corrected chi connectivity index (χ2v) is 6.76. The van der Waals surface area contributed by atoms with E-state index in [0.717, 1.165) is 28.1 Å². The first-order valence-corrected chi connectivity index (χ1v) is 8.76. The summed E-state index contributed by atoms with van der Waals surface area (Å²) in [6.45, 7) is 4.94. The summed E-state index contributed by atoms with van der Waals surface area (Å²) < 4.78 is 7.55. The number of aromatic nitrogens is 2. The third-order valence-electron chi connectivity index (χ3n) is 4.32. The van der Waals surface area contributed by atoms with Gasteiger partial charge in [-0.3, -0.25) is 0 Å². The van der Waals surface area contributed by atoms with Gasteiger partial charge in [-0.1, -0.05) is 13.8 Å². The Bertz CT molecular complexity index is 882. The normalized spacial score (nSPS) is 12.5. The average molecular weight is 344 g/mol. The SMILES string of the molecule is CCC(C)c1cc2cc(OC)ccc2n1Cc1nc(C(=O)O)cs1. The van der Waals surface area contributed by atoms with Gasteiger partial charge in [0.1, 0.15) is 10.8 Å². The first-order valence-electron chi connectivity index (χ1n) is 7.88. The predicted octanol–water partition coefficient (Wildman–Crippen LogP) is 4.37. The summed E-state index contributed by atoms with van der Waals surface area (Å²) in [6.07, 6.45) is 1.03. The maximum absolute atomic E-state index is 11.0. The van der Waals surface area contributed by atoms with Gasteiger partial charge in [-0.2, -0.15) is 0 Å². The Labute approximate surface area is 144 Å². The minimum atomic E-state index is -0.984. The molecule has 24 heavy (non-hydrogen) atoms. The molecule has 0 saturated heterocycles. The van der Waals surface area contributed by atoms with Crippen LogP contribution in [-0.4, -0.2) is 27.7 Å². The lowest BCUT2D eigenvalue weighted by Crippen LogP contribution is -2.07. The summed E-state index contributed by atoms with van der Waals surface area (Å²) in [5.41, 5.74) is 2.45. The van der Waals surface area contributed by atoms with Crippen LogP contribution in [-0.2, 0) is 6.54 Å². The molecule has 1 aromatic carbocycles. The van der Waals surface area contributed by atoms with Gasteiger partial charge in [0.2, 0.25) is 0 Å². The number of nitrogens with zero attached hydrogens (tertiary/aromatic N) is 2. The molecule has 0 amide bonds. The minimum Gasteiger partial charge on any atom is -0.497 e. The van der Waals surface area contributed by atoms with Crippen molar-refractivity contribution in [3.63, 3.8) is 0 Å². The Morgan fingerprint density at radius 1 is 1.42 bits per heavy atom. The highest BCUT2D eigenvalue weighted by Gasteiger charge is 2.16. The van der Waals surface area contributed by atoms with Crippen LogP contribution in [0, 0.1) is 0 Å². The number of fused-ring (bicyclic) bond motifs is 1. The van der Waals surface area contributed by atoms with Crippen molar-refractivity contribution in [3.05, 3.63) is 46.0 Å². The lowest BCUT2D eigenvalue weighted by Gasteiger charge is -2.14. The van der Waals surface area contributed by atoms with Gasteiger partial charge in [-0.15, -0.1) is 11.3 Å². The number of benzene rings is 1. The first kappa shape index (κ1) is 16.5. The number of ether oxygens (including phenoxy) is 1. The number of aromatic carboxylic acids is 1. The highest BCUT2D eigenvalue weighted by atomic mass is 32.1. The third-order valence-corrected chi connectivity index (χ3v) is 5.16. The Morgan fingerprint density at radius 2 is 2.21 bits per heavy atom. The second kappa shape index (κ2) is 6.65. The minimum absolute atomic E-state index is 0.109. The summed E-state index contributed by atoms with van der Waals surface area (Å²) in [4.78, 5) is 15.3. The van der Waals surface area contributed by atoms with Crippen LogP contribution >= 0.6 is 11.3 Å². The van der Waals surface area contributed by atoms with Crippen molar-refractivity contribution >= 4 is 28.2 Å². The molecule has 0 aliphatic rings. The first-order chi connectivity index (χ1) is 11.5. The van der Waals surface area contributed by atoms with Gasteiger partial charge in [0.25, 0.3) is 0 Å². The molecule has 0 aliphatic carbocycles. The van der Waals surface area contributed by atoms with Crippen LogP contribution in [0.15, 0.2) is 29.6 Å². The zero-order valence-electron chi connectivity index (χ0n) is 13.9. The van der Waals surface area contributed by atoms with Crippen LogP contribution in [0.4, 0.5) is 0 Å². The highest BCUT2D eigenvalue weighted by molar-refractivity contribution is 7.09. The Morgan fingerprint density at radius 3 is 2.83 bits per heavy atom. The van der Waals surface area contributed by atoms with Gasteiger partial charge in [0.05, 0.1) is 13.7 Å². The molecule has 0 bridgehead atoms. The number of thiazole rings is 1. The van der Waals surface area contributed by atoms with Crippen molar-refractivity contribution in [2.24, 2.45) is 0 Å². The molecule has 1 N–H and O–H groups in total. The molecule has 2 aromatic heterocycles. The molecular formula is C18H20N2O3S.